The van der Waals surface area contributed by atoms with E-state index in [1.165, 1.54) is 0 Å². The van der Waals surface area contributed by atoms with Crippen LogP contribution in [0.3, 0.4) is 0 Å². The van der Waals surface area contributed by atoms with Gasteiger partial charge in [0, 0.05) is 19.9 Å². The minimum Gasteiger partial charge on any atom is -0.396 e. The summed E-state index contributed by atoms with van der Waals surface area (Å²) in [7, 11) is 1.98. The van der Waals surface area contributed by atoms with E-state index in [9.17, 15) is 0 Å². The van der Waals surface area contributed by atoms with Crippen molar-refractivity contribution in [1.29, 1.82) is 0 Å². The summed E-state index contributed by atoms with van der Waals surface area (Å²) in [5.74, 6) is 0.773. The molecule has 0 bridgehead atoms. The zero-order chi connectivity index (χ0) is 10.8. The lowest BCUT2D eigenvalue weighted by molar-refractivity contribution is 0.193. The quantitative estimate of drug-likeness (QED) is 0.833. The van der Waals surface area contributed by atoms with E-state index in [0.717, 1.165) is 25.5 Å². The second kappa shape index (κ2) is 4.24. The lowest BCUT2D eigenvalue weighted by Crippen LogP contribution is -2.33. The lowest BCUT2D eigenvalue weighted by Gasteiger charge is -2.25. The number of halogens is 1. The number of nitrogen functional groups attached to an aromatic ring is 1. The molecule has 1 atom stereocenters. The molecular formula is C10H14ClN3O. The van der Waals surface area contributed by atoms with Crippen molar-refractivity contribution in [2.45, 2.75) is 12.5 Å². The zero-order valence-corrected chi connectivity index (χ0v) is 9.37. The molecule has 1 saturated heterocycles. The van der Waals surface area contributed by atoms with E-state index in [1.807, 2.05) is 7.05 Å². The number of nitrogens with two attached hydrogens (primary N) is 1. The van der Waals surface area contributed by atoms with Gasteiger partial charge in [-0.05, 0) is 12.5 Å². The molecule has 1 aliphatic rings. The Labute approximate surface area is 94.0 Å². The van der Waals surface area contributed by atoms with Crippen molar-refractivity contribution in [3.8, 4) is 0 Å². The summed E-state index contributed by atoms with van der Waals surface area (Å²) in [6, 6.07) is 2.08. The first kappa shape index (κ1) is 10.5. The molecule has 0 aromatic carbocycles. The van der Waals surface area contributed by atoms with E-state index in [0.29, 0.717) is 16.8 Å². The maximum absolute atomic E-state index is 5.86. The average molecular weight is 228 g/mol. The molecule has 0 radical (unpaired) electrons. The summed E-state index contributed by atoms with van der Waals surface area (Å²) in [6.07, 6.45) is 2.62. The highest BCUT2D eigenvalue weighted by Crippen LogP contribution is 2.25. The van der Waals surface area contributed by atoms with Gasteiger partial charge in [-0.15, -0.1) is 0 Å². The third-order valence-electron chi connectivity index (χ3n) is 2.65. The van der Waals surface area contributed by atoms with Crippen LogP contribution in [0.5, 0.6) is 0 Å². The van der Waals surface area contributed by atoms with Crippen LogP contribution in [-0.2, 0) is 4.74 Å². The molecule has 0 amide bonds. The van der Waals surface area contributed by atoms with Gasteiger partial charge in [-0.2, -0.15) is 0 Å². The molecule has 82 valence electrons. The van der Waals surface area contributed by atoms with Gasteiger partial charge in [0.2, 0.25) is 0 Å². The van der Waals surface area contributed by atoms with E-state index >= 15 is 0 Å². The molecule has 4 nitrogen and oxygen atoms in total. The third-order valence-corrected chi connectivity index (χ3v) is 2.86. The number of rotatable bonds is 2. The highest BCUT2D eigenvalue weighted by atomic mass is 35.5. The monoisotopic (exact) mass is 227 g/mol. The van der Waals surface area contributed by atoms with Gasteiger partial charge in [0.25, 0.3) is 0 Å². The highest BCUT2D eigenvalue weighted by molar-refractivity contribution is 6.30. The molecule has 1 aromatic heterocycles. The molecule has 1 fully saturated rings. The number of nitrogens with zero attached hydrogens (tertiary/aromatic N) is 2. The Bertz CT molecular complexity index is 353. The molecule has 2 N–H and O–H groups in total. The van der Waals surface area contributed by atoms with E-state index in [2.05, 4.69) is 9.88 Å². The lowest BCUT2D eigenvalue weighted by atomic mass is 10.2. The summed E-state index contributed by atoms with van der Waals surface area (Å²) < 4.78 is 5.33. The Balaban J connectivity index is 2.20. The van der Waals surface area contributed by atoms with Gasteiger partial charge in [-0.25, -0.2) is 4.98 Å². The van der Waals surface area contributed by atoms with Crippen LogP contribution in [0.2, 0.25) is 5.02 Å². The van der Waals surface area contributed by atoms with Crippen LogP contribution in [0.4, 0.5) is 11.5 Å². The smallest absolute Gasteiger partial charge is 0.151 e. The standard InChI is InChI=1S/C10H14ClN3O/c1-14(8-2-3-15-6-8)10-9(12)4-7(11)5-13-10/h4-5,8H,2-3,6,12H2,1H3. The molecule has 1 aliphatic heterocycles. The van der Waals surface area contributed by atoms with Crippen molar-refractivity contribution < 1.29 is 4.74 Å². The number of likely N-dealkylation sites (N-methyl/N-ethyl adjacent to an activating group) is 1. The van der Waals surface area contributed by atoms with Crippen LogP contribution in [-0.4, -0.2) is 31.3 Å². The van der Waals surface area contributed by atoms with Gasteiger partial charge in [-0.1, -0.05) is 11.6 Å². The molecule has 15 heavy (non-hydrogen) atoms. The topological polar surface area (TPSA) is 51.4 Å². The first-order valence-electron chi connectivity index (χ1n) is 4.90. The fourth-order valence-corrected chi connectivity index (χ4v) is 1.91. The van der Waals surface area contributed by atoms with Gasteiger partial charge in [0.15, 0.2) is 5.82 Å². The van der Waals surface area contributed by atoms with Crippen molar-refractivity contribution in [3.05, 3.63) is 17.3 Å². The summed E-state index contributed by atoms with van der Waals surface area (Å²) in [5, 5.41) is 0.562. The second-order valence-corrected chi connectivity index (χ2v) is 4.13. The fourth-order valence-electron chi connectivity index (χ4n) is 1.74. The molecule has 1 aromatic rings. The Morgan fingerprint density at radius 2 is 2.47 bits per heavy atom. The molecule has 0 saturated carbocycles. The average Bonchev–Trinajstić information content (AvgIpc) is 2.69. The Morgan fingerprint density at radius 3 is 3.07 bits per heavy atom. The number of hydrogen-bond donors (Lipinski definition) is 1. The van der Waals surface area contributed by atoms with E-state index < -0.39 is 0 Å². The third kappa shape index (κ3) is 2.16. The van der Waals surface area contributed by atoms with Gasteiger partial charge in [0.1, 0.15) is 0 Å². The summed E-state index contributed by atoms with van der Waals surface area (Å²) >= 11 is 5.80. The van der Waals surface area contributed by atoms with E-state index in [1.54, 1.807) is 12.3 Å². The van der Waals surface area contributed by atoms with Gasteiger partial charge in [0.05, 0.1) is 23.4 Å². The maximum atomic E-state index is 5.86. The second-order valence-electron chi connectivity index (χ2n) is 3.69. The van der Waals surface area contributed by atoms with Crippen molar-refractivity contribution in [3.63, 3.8) is 0 Å². The molecule has 0 spiro atoms. The molecule has 2 rings (SSSR count). The van der Waals surface area contributed by atoms with Crippen LogP contribution in [0.1, 0.15) is 6.42 Å². The summed E-state index contributed by atoms with van der Waals surface area (Å²) in [4.78, 5) is 6.29. The summed E-state index contributed by atoms with van der Waals surface area (Å²) in [5.41, 5.74) is 6.47. The van der Waals surface area contributed by atoms with Crippen LogP contribution in [0.25, 0.3) is 0 Å². The number of ether oxygens (including phenoxy) is 1. The van der Waals surface area contributed by atoms with Crippen molar-refractivity contribution in [2.24, 2.45) is 0 Å². The first-order chi connectivity index (χ1) is 7.18. The summed E-state index contributed by atoms with van der Waals surface area (Å²) in [6.45, 7) is 1.54. The number of anilines is 2. The van der Waals surface area contributed by atoms with Gasteiger partial charge < -0.3 is 15.4 Å². The normalized spacial score (nSPS) is 20.5. The van der Waals surface area contributed by atoms with E-state index in [4.69, 9.17) is 22.1 Å². The number of pyridine rings is 1. The first-order valence-corrected chi connectivity index (χ1v) is 5.28. The van der Waals surface area contributed by atoms with Crippen molar-refractivity contribution in [2.75, 3.05) is 30.9 Å². The number of hydrogen-bond acceptors (Lipinski definition) is 4. The Morgan fingerprint density at radius 1 is 1.67 bits per heavy atom. The minimum absolute atomic E-state index is 0.362. The SMILES string of the molecule is CN(c1ncc(Cl)cc1N)C1CCOC1. The predicted molar refractivity (Wildman–Crippen MR) is 61.3 cm³/mol. The minimum atomic E-state index is 0.362. The Kier molecular flexibility index (Phi) is 2.98. The Hall–Kier alpha value is -1.00. The van der Waals surface area contributed by atoms with Crippen LogP contribution in [0.15, 0.2) is 12.3 Å². The molecule has 2 heterocycles. The van der Waals surface area contributed by atoms with E-state index in [-0.39, 0.29) is 0 Å². The largest absolute Gasteiger partial charge is 0.396 e. The van der Waals surface area contributed by atoms with Crippen molar-refractivity contribution >= 4 is 23.1 Å². The van der Waals surface area contributed by atoms with Crippen LogP contribution >= 0.6 is 11.6 Å². The fraction of sp³-hybridized carbons (Fsp3) is 0.500. The number of aromatic nitrogens is 1. The molecule has 0 aliphatic carbocycles. The van der Waals surface area contributed by atoms with Crippen LogP contribution < -0.4 is 10.6 Å². The predicted octanol–water partition coefficient (Wildman–Crippen LogP) is 1.54. The molecule has 5 heteroatoms. The van der Waals surface area contributed by atoms with Gasteiger partial charge in [-0.3, -0.25) is 0 Å². The van der Waals surface area contributed by atoms with Gasteiger partial charge >= 0.3 is 0 Å². The van der Waals surface area contributed by atoms with Crippen LogP contribution in [0, 0.1) is 0 Å². The maximum Gasteiger partial charge on any atom is 0.151 e. The zero-order valence-electron chi connectivity index (χ0n) is 8.61. The molecule has 1 unspecified atom stereocenters. The highest BCUT2D eigenvalue weighted by Gasteiger charge is 2.22. The van der Waals surface area contributed by atoms with Crippen molar-refractivity contribution in [1.82, 2.24) is 4.98 Å². The molecular weight excluding hydrogens is 214 g/mol.